The molecule has 0 radical (unpaired) electrons. The molecule has 6 heteroatoms. The number of likely N-dealkylation sites (tertiary alicyclic amines) is 2. The van der Waals surface area contributed by atoms with Crippen molar-refractivity contribution in [2.75, 3.05) is 13.2 Å². The lowest BCUT2D eigenvalue weighted by Gasteiger charge is -2.40. The molecule has 1 aromatic heterocycles. The highest BCUT2D eigenvalue weighted by atomic mass is 16.5. The Kier molecular flexibility index (Phi) is 4.22. The van der Waals surface area contributed by atoms with Crippen molar-refractivity contribution in [2.45, 2.75) is 56.8 Å². The van der Waals surface area contributed by atoms with Crippen molar-refractivity contribution in [1.82, 2.24) is 14.8 Å². The number of nitrogens with zero attached hydrogens (tertiary/aromatic N) is 3. The van der Waals surface area contributed by atoms with Gasteiger partial charge in [0.2, 0.25) is 5.91 Å². The van der Waals surface area contributed by atoms with Gasteiger partial charge in [-0.15, -0.1) is 0 Å². The Hall–Kier alpha value is -1.95. The van der Waals surface area contributed by atoms with E-state index in [1.54, 1.807) is 12.4 Å². The van der Waals surface area contributed by atoms with Gasteiger partial charge in [-0.05, 0) is 37.3 Å². The van der Waals surface area contributed by atoms with Gasteiger partial charge in [-0.3, -0.25) is 14.6 Å². The molecule has 6 nitrogen and oxygen atoms in total. The third-order valence-corrected chi connectivity index (χ3v) is 5.45. The number of ether oxygens (including phenoxy) is 1. The van der Waals surface area contributed by atoms with Crippen molar-refractivity contribution < 1.29 is 14.3 Å². The van der Waals surface area contributed by atoms with Gasteiger partial charge < -0.3 is 14.5 Å². The van der Waals surface area contributed by atoms with Gasteiger partial charge in [-0.25, -0.2) is 0 Å². The number of fused-ring (bicyclic) bond motifs is 1. The molecule has 0 spiro atoms. The number of hydrogen-bond donors (Lipinski definition) is 0. The number of piperidine rings is 1. The minimum absolute atomic E-state index is 0.121. The van der Waals surface area contributed by atoms with E-state index in [0.717, 1.165) is 37.8 Å². The molecule has 4 heterocycles. The van der Waals surface area contributed by atoms with Crippen molar-refractivity contribution in [2.24, 2.45) is 0 Å². The topological polar surface area (TPSA) is 62.7 Å². The molecule has 0 saturated carbocycles. The van der Waals surface area contributed by atoms with E-state index in [9.17, 15) is 9.59 Å². The van der Waals surface area contributed by atoms with E-state index in [1.165, 1.54) is 0 Å². The van der Waals surface area contributed by atoms with Crippen molar-refractivity contribution in [1.29, 1.82) is 0 Å². The van der Waals surface area contributed by atoms with Crippen LogP contribution in [0.5, 0.6) is 0 Å². The van der Waals surface area contributed by atoms with Gasteiger partial charge in [-0.1, -0.05) is 6.07 Å². The highest BCUT2D eigenvalue weighted by Crippen LogP contribution is 2.33. The van der Waals surface area contributed by atoms with Crippen molar-refractivity contribution in [3.63, 3.8) is 0 Å². The third-order valence-electron chi connectivity index (χ3n) is 5.45. The van der Waals surface area contributed by atoms with Crippen molar-refractivity contribution in [3.05, 3.63) is 30.1 Å². The third kappa shape index (κ3) is 2.79. The summed E-state index contributed by atoms with van der Waals surface area (Å²) >= 11 is 0. The monoisotopic (exact) mass is 329 g/mol. The van der Waals surface area contributed by atoms with Gasteiger partial charge in [0.1, 0.15) is 6.10 Å². The minimum atomic E-state index is -0.270. The Morgan fingerprint density at radius 2 is 2.21 bits per heavy atom. The molecule has 0 N–H and O–H groups in total. The molecule has 0 bridgehead atoms. The van der Waals surface area contributed by atoms with Crippen LogP contribution in [-0.4, -0.2) is 57.9 Å². The Morgan fingerprint density at radius 3 is 2.96 bits per heavy atom. The van der Waals surface area contributed by atoms with E-state index >= 15 is 0 Å². The maximum absolute atomic E-state index is 12.7. The molecule has 3 fully saturated rings. The summed E-state index contributed by atoms with van der Waals surface area (Å²) < 4.78 is 5.57. The van der Waals surface area contributed by atoms with Crippen LogP contribution in [0.1, 0.15) is 37.7 Å². The Bertz CT molecular complexity index is 615. The number of pyridine rings is 1. The molecule has 1 unspecified atom stereocenters. The Morgan fingerprint density at radius 1 is 1.29 bits per heavy atom. The standard InChI is InChI=1S/C18H23N3O3/c22-17-6-5-14-15(21(17)12-13-3-1-8-19-11-13)7-9-20(14)18(23)16-4-2-10-24-16/h1,3,8,11,14-16H,2,4-7,9-10,12H2/t14-,15-,16?/m0/s1. The Balaban J connectivity index is 1.49. The van der Waals surface area contributed by atoms with Crippen LogP contribution in [-0.2, 0) is 20.9 Å². The summed E-state index contributed by atoms with van der Waals surface area (Å²) in [5.41, 5.74) is 1.04. The fourth-order valence-corrected chi connectivity index (χ4v) is 4.27. The Labute approximate surface area is 141 Å². The van der Waals surface area contributed by atoms with Gasteiger partial charge >= 0.3 is 0 Å². The van der Waals surface area contributed by atoms with E-state index < -0.39 is 0 Å². The number of aromatic nitrogens is 1. The first-order valence-corrected chi connectivity index (χ1v) is 8.84. The van der Waals surface area contributed by atoms with Crippen LogP contribution in [0.25, 0.3) is 0 Å². The zero-order valence-electron chi connectivity index (χ0n) is 13.8. The summed E-state index contributed by atoms with van der Waals surface area (Å²) in [6, 6.07) is 4.14. The number of amides is 2. The normalized spacial score (nSPS) is 29.8. The van der Waals surface area contributed by atoms with Crippen molar-refractivity contribution in [3.8, 4) is 0 Å². The minimum Gasteiger partial charge on any atom is -0.368 e. The first kappa shape index (κ1) is 15.6. The number of carbonyl (C=O) groups is 2. The number of rotatable bonds is 3. The molecule has 3 aliphatic heterocycles. The predicted octanol–water partition coefficient (Wildman–Crippen LogP) is 1.35. The zero-order chi connectivity index (χ0) is 16.5. The van der Waals surface area contributed by atoms with Gasteiger partial charge in [0.05, 0.1) is 12.1 Å². The van der Waals surface area contributed by atoms with Crippen LogP contribution in [0.4, 0.5) is 0 Å². The van der Waals surface area contributed by atoms with Gasteiger partial charge in [0, 0.05) is 38.5 Å². The van der Waals surface area contributed by atoms with Gasteiger partial charge in [0.25, 0.3) is 5.91 Å². The molecular formula is C18H23N3O3. The molecule has 24 heavy (non-hydrogen) atoms. The molecular weight excluding hydrogens is 306 g/mol. The SMILES string of the molecule is O=C1CC[C@H]2[C@H](CCN2C(=O)C2CCCO2)N1Cc1cccnc1. The molecule has 0 aliphatic carbocycles. The van der Waals surface area contributed by atoms with Gasteiger partial charge in [-0.2, -0.15) is 0 Å². The summed E-state index contributed by atoms with van der Waals surface area (Å²) in [7, 11) is 0. The zero-order valence-corrected chi connectivity index (χ0v) is 13.8. The van der Waals surface area contributed by atoms with Gasteiger partial charge in [0.15, 0.2) is 0 Å². The smallest absolute Gasteiger partial charge is 0.252 e. The van der Waals surface area contributed by atoms with E-state index in [1.807, 2.05) is 21.9 Å². The first-order valence-electron chi connectivity index (χ1n) is 8.84. The largest absolute Gasteiger partial charge is 0.368 e. The lowest BCUT2D eigenvalue weighted by atomic mass is 9.95. The summed E-state index contributed by atoms with van der Waals surface area (Å²) in [6.45, 7) is 1.99. The number of carbonyl (C=O) groups excluding carboxylic acids is 2. The van der Waals surface area contributed by atoms with Crippen LogP contribution in [0.15, 0.2) is 24.5 Å². The quantitative estimate of drug-likeness (QED) is 0.840. The fraction of sp³-hybridized carbons (Fsp3) is 0.611. The van der Waals surface area contributed by atoms with E-state index in [-0.39, 0.29) is 30.0 Å². The molecule has 2 amide bonds. The average Bonchev–Trinajstić information content (AvgIpc) is 3.27. The summed E-state index contributed by atoms with van der Waals surface area (Å²) in [4.78, 5) is 33.3. The van der Waals surface area contributed by atoms with Crippen LogP contribution in [0.3, 0.4) is 0 Å². The second-order valence-corrected chi connectivity index (χ2v) is 6.88. The second kappa shape index (κ2) is 6.51. The predicted molar refractivity (Wildman–Crippen MR) is 86.9 cm³/mol. The van der Waals surface area contributed by atoms with Crippen LogP contribution < -0.4 is 0 Å². The second-order valence-electron chi connectivity index (χ2n) is 6.88. The van der Waals surface area contributed by atoms with E-state index in [4.69, 9.17) is 4.74 Å². The van der Waals surface area contributed by atoms with Crippen molar-refractivity contribution >= 4 is 11.8 Å². The molecule has 128 valence electrons. The van der Waals surface area contributed by atoms with E-state index in [2.05, 4.69) is 4.98 Å². The first-order chi connectivity index (χ1) is 11.7. The van der Waals surface area contributed by atoms with Crippen LogP contribution in [0, 0.1) is 0 Å². The molecule has 4 rings (SSSR count). The number of hydrogen-bond acceptors (Lipinski definition) is 4. The molecule has 1 aromatic rings. The molecule has 3 saturated heterocycles. The highest BCUT2D eigenvalue weighted by molar-refractivity contribution is 5.83. The lowest BCUT2D eigenvalue weighted by Crippen LogP contribution is -2.54. The maximum Gasteiger partial charge on any atom is 0.252 e. The van der Waals surface area contributed by atoms with Crippen LogP contribution >= 0.6 is 0 Å². The highest BCUT2D eigenvalue weighted by Gasteiger charge is 2.46. The molecule has 3 aliphatic rings. The van der Waals surface area contributed by atoms with E-state index in [0.29, 0.717) is 19.6 Å². The van der Waals surface area contributed by atoms with Crippen LogP contribution in [0.2, 0.25) is 0 Å². The fourth-order valence-electron chi connectivity index (χ4n) is 4.27. The lowest BCUT2D eigenvalue weighted by molar-refractivity contribution is -0.147. The summed E-state index contributed by atoms with van der Waals surface area (Å²) in [5, 5.41) is 0. The summed E-state index contributed by atoms with van der Waals surface area (Å²) in [6.07, 6.45) is 7.20. The maximum atomic E-state index is 12.7. The average molecular weight is 329 g/mol. The molecule has 0 aromatic carbocycles. The summed E-state index contributed by atoms with van der Waals surface area (Å²) in [5.74, 6) is 0.308. The molecule has 3 atom stereocenters.